The lowest BCUT2D eigenvalue weighted by atomic mass is 9.80. The molecule has 144 valence electrons. The van der Waals surface area contributed by atoms with Crippen molar-refractivity contribution in [2.24, 2.45) is 11.3 Å². The molecule has 2 aromatic rings. The highest BCUT2D eigenvalue weighted by atomic mass is 19.1. The number of carbonyl (C=O) groups is 1. The van der Waals surface area contributed by atoms with E-state index in [2.05, 4.69) is 33.0 Å². The van der Waals surface area contributed by atoms with Gasteiger partial charge in [0.05, 0.1) is 12.7 Å². The van der Waals surface area contributed by atoms with Gasteiger partial charge in [-0.25, -0.2) is 4.39 Å². The number of anilines is 1. The Morgan fingerprint density at radius 3 is 2.56 bits per heavy atom. The SMILES string of the molecule is CC(C)[C@@H]1O[C@@H](c2cccc(NC(=O)c3ccc(F)cc3)c2)OCC1(C)C. The molecule has 2 aromatic carbocycles. The van der Waals surface area contributed by atoms with Gasteiger partial charge in [-0.15, -0.1) is 0 Å². The van der Waals surface area contributed by atoms with Gasteiger partial charge in [-0.3, -0.25) is 4.79 Å². The van der Waals surface area contributed by atoms with Crippen molar-refractivity contribution < 1.29 is 18.7 Å². The Kier molecular flexibility index (Phi) is 5.63. The van der Waals surface area contributed by atoms with E-state index in [1.165, 1.54) is 24.3 Å². The third kappa shape index (κ3) is 4.54. The largest absolute Gasteiger partial charge is 0.348 e. The lowest BCUT2D eigenvalue weighted by Gasteiger charge is -2.44. The summed E-state index contributed by atoms with van der Waals surface area (Å²) in [6.07, 6.45) is -0.387. The molecule has 1 heterocycles. The maximum absolute atomic E-state index is 13.0. The van der Waals surface area contributed by atoms with Crippen molar-refractivity contribution in [1.29, 1.82) is 0 Å². The topological polar surface area (TPSA) is 47.6 Å². The maximum atomic E-state index is 13.0. The van der Waals surface area contributed by atoms with E-state index in [-0.39, 0.29) is 23.2 Å². The third-order valence-corrected chi connectivity index (χ3v) is 4.78. The van der Waals surface area contributed by atoms with Gasteiger partial charge in [0, 0.05) is 22.2 Å². The van der Waals surface area contributed by atoms with Crippen LogP contribution in [0.3, 0.4) is 0 Å². The Labute approximate surface area is 159 Å². The molecule has 3 rings (SSSR count). The summed E-state index contributed by atoms with van der Waals surface area (Å²) in [5, 5.41) is 2.83. The minimum atomic E-state index is -0.465. The van der Waals surface area contributed by atoms with E-state index in [1.807, 2.05) is 18.2 Å². The summed E-state index contributed by atoms with van der Waals surface area (Å²) < 4.78 is 25.2. The quantitative estimate of drug-likeness (QED) is 0.806. The first kappa shape index (κ1) is 19.5. The Morgan fingerprint density at radius 2 is 1.89 bits per heavy atom. The first-order chi connectivity index (χ1) is 12.8. The molecule has 1 fully saturated rings. The van der Waals surface area contributed by atoms with Crippen molar-refractivity contribution in [1.82, 2.24) is 0 Å². The van der Waals surface area contributed by atoms with Crippen molar-refractivity contribution in [3.8, 4) is 0 Å². The van der Waals surface area contributed by atoms with E-state index in [0.717, 1.165) is 5.56 Å². The minimum Gasteiger partial charge on any atom is -0.348 e. The van der Waals surface area contributed by atoms with Crippen molar-refractivity contribution in [3.63, 3.8) is 0 Å². The average Bonchev–Trinajstić information content (AvgIpc) is 2.62. The molecule has 0 spiro atoms. The number of ether oxygens (including phenoxy) is 2. The molecule has 0 aromatic heterocycles. The van der Waals surface area contributed by atoms with Crippen LogP contribution in [0.2, 0.25) is 0 Å². The molecule has 5 heteroatoms. The molecule has 0 saturated carbocycles. The number of amides is 1. The number of nitrogens with one attached hydrogen (secondary N) is 1. The van der Waals surface area contributed by atoms with Crippen LogP contribution in [0.5, 0.6) is 0 Å². The predicted molar refractivity (Wildman–Crippen MR) is 103 cm³/mol. The molecule has 0 unspecified atom stereocenters. The molecule has 27 heavy (non-hydrogen) atoms. The van der Waals surface area contributed by atoms with Gasteiger partial charge < -0.3 is 14.8 Å². The smallest absolute Gasteiger partial charge is 0.255 e. The molecule has 0 radical (unpaired) electrons. The van der Waals surface area contributed by atoms with Gasteiger partial charge >= 0.3 is 0 Å². The molecular weight excluding hydrogens is 345 g/mol. The van der Waals surface area contributed by atoms with E-state index in [9.17, 15) is 9.18 Å². The Balaban J connectivity index is 1.74. The summed E-state index contributed by atoms with van der Waals surface area (Å²) in [7, 11) is 0. The van der Waals surface area contributed by atoms with Gasteiger partial charge in [-0.05, 0) is 42.3 Å². The zero-order valence-corrected chi connectivity index (χ0v) is 16.2. The van der Waals surface area contributed by atoms with Gasteiger partial charge in [0.15, 0.2) is 6.29 Å². The van der Waals surface area contributed by atoms with Crippen LogP contribution in [0.1, 0.15) is 49.9 Å². The van der Waals surface area contributed by atoms with E-state index >= 15 is 0 Å². The summed E-state index contributed by atoms with van der Waals surface area (Å²) in [6, 6.07) is 12.9. The molecular formula is C22H26FNO3. The molecule has 1 aliphatic heterocycles. The number of benzene rings is 2. The summed E-state index contributed by atoms with van der Waals surface area (Å²) in [5.74, 6) is -0.297. The van der Waals surface area contributed by atoms with E-state index in [4.69, 9.17) is 9.47 Å². The van der Waals surface area contributed by atoms with Crippen LogP contribution in [0.15, 0.2) is 48.5 Å². The van der Waals surface area contributed by atoms with Gasteiger partial charge in [0.2, 0.25) is 0 Å². The lowest BCUT2D eigenvalue weighted by Crippen LogP contribution is -2.45. The van der Waals surface area contributed by atoms with Crippen molar-refractivity contribution in [2.45, 2.75) is 40.1 Å². The molecule has 0 bridgehead atoms. The molecule has 1 saturated heterocycles. The highest BCUT2D eigenvalue weighted by molar-refractivity contribution is 6.04. The van der Waals surface area contributed by atoms with Crippen LogP contribution in [0.25, 0.3) is 0 Å². The first-order valence-electron chi connectivity index (χ1n) is 9.20. The highest BCUT2D eigenvalue weighted by Crippen LogP contribution is 2.39. The van der Waals surface area contributed by atoms with Gasteiger partial charge in [-0.2, -0.15) is 0 Å². The van der Waals surface area contributed by atoms with Crippen molar-refractivity contribution >= 4 is 11.6 Å². The van der Waals surface area contributed by atoms with Gasteiger partial charge in [0.25, 0.3) is 5.91 Å². The lowest BCUT2D eigenvalue weighted by molar-refractivity contribution is -0.274. The van der Waals surface area contributed by atoms with Crippen molar-refractivity contribution in [2.75, 3.05) is 11.9 Å². The fourth-order valence-electron chi connectivity index (χ4n) is 3.53. The zero-order valence-electron chi connectivity index (χ0n) is 16.2. The van der Waals surface area contributed by atoms with Gasteiger partial charge in [0.1, 0.15) is 5.82 Å². The number of halogens is 1. The fraction of sp³-hybridized carbons (Fsp3) is 0.409. The van der Waals surface area contributed by atoms with E-state index in [0.29, 0.717) is 23.8 Å². The Hall–Kier alpha value is -2.24. The molecule has 1 N–H and O–H groups in total. The summed E-state index contributed by atoms with van der Waals surface area (Å²) in [6.45, 7) is 9.19. The number of carbonyl (C=O) groups excluding carboxylic acids is 1. The first-order valence-corrected chi connectivity index (χ1v) is 9.20. The van der Waals surface area contributed by atoms with Crippen molar-refractivity contribution in [3.05, 3.63) is 65.5 Å². The van der Waals surface area contributed by atoms with Crippen LogP contribution in [0, 0.1) is 17.2 Å². The summed E-state index contributed by atoms with van der Waals surface area (Å²) >= 11 is 0. The minimum absolute atomic E-state index is 0.0565. The second-order valence-corrected chi connectivity index (χ2v) is 8.02. The van der Waals surface area contributed by atoms with Crippen LogP contribution in [-0.4, -0.2) is 18.6 Å². The molecule has 1 amide bonds. The maximum Gasteiger partial charge on any atom is 0.255 e. The summed E-state index contributed by atoms with van der Waals surface area (Å²) in [4.78, 5) is 12.3. The second kappa shape index (κ2) is 7.79. The van der Waals surface area contributed by atoms with Crippen LogP contribution in [-0.2, 0) is 9.47 Å². The normalized spacial score (nSPS) is 21.9. The Bertz CT molecular complexity index is 801. The molecule has 4 nitrogen and oxygen atoms in total. The van der Waals surface area contributed by atoms with E-state index in [1.54, 1.807) is 6.07 Å². The monoisotopic (exact) mass is 371 g/mol. The fourth-order valence-corrected chi connectivity index (χ4v) is 3.53. The van der Waals surface area contributed by atoms with Crippen LogP contribution in [0.4, 0.5) is 10.1 Å². The highest BCUT2D eigenvalue weighted by Gasteiger charge is 2.40. The standard InChI is InChI=1S/C22H26FNO3/c1-14(2)19-22(3,4)13-26-21(27-19)16-6-5-7-18(12-16)24-20(25)15-8-10-17(23)11-9-15/h5-12,14,19,21H,13H2,1-4H3,(H,24,25)/t19-,21-/m0/s1. The zero-order chi connectivity index (χ0) is 19.6. The van der Waals surface area contributed by atoms with Crippen LogP contribution < -0.4 is 5.32 Å². The summed E-state index contributed by atoms with van der Waals surface area (Å²) in [5.41, 5.74) is 1.83. The molecule has 2 atom stereocenters. The van der Waals surface area contributed by atoms with E-state index < -0.39 is 6.29 Å². The number of hydrogen-bond acceptors (Lipinski definition) is 3. The molecule has 1 aliphatic rings. The number of hydrogen-bond donors (Lipinski definition) is 1. The predicted octanol–water partition coefficient (Wildman–Crippen LogP) is 5.17. The van der Waals surface area contributed by atoms with Gasteiger partial charge in [-0.1, -0.05) is 39.8 Å². The molecule has 0 aliphatic carbocycles. The van der Waals surface area contributed by atoms with Crippen LogP contribution >= 0.6 is 0 Å². The second-order valence-electron chi connectivity index (χ2n) is 8.02. The average molecular weight is 371 g/mol. The number of rotatable bonds is 4. The Morgan fingerprint density at radius 1 is 1.19 bits per heavy atom. The third-order valence-electron chi connectivity index (χ3n) is 4.78.